The second kappa shape index (κ2) is 5.31. The van der Waals surface area contributed by atoms with Crippen LogP contribution in [0, 0.1) is 0 Å². The van der Waals surface area contributed by atoms with Crippen LogP contribution in [-0.4, -0.2) is 17.1 Å². The molecule has 0 spiro atoms. The minimum absolute atomic E-state index is 0.269. The third-order valence-electron chi connectivity index (χ3n) is 2.19. The van der Waals surface area contributed by atoms with E-state index in [1.165, 1.54) is 0 Å². The van der Waals surface area contributed by atoms with Gasteiger partial charge in [0.15, 0.2) is 0 Å². The van der Waals surface area contributed by atoms with Gasteiger partial charge in [-0.15, -0.1) is 0 Å². The van der Waals surface area contributed by atoms with E-state index in [4.69, 9.17) is 4.74 Å². The Morgan fingerprint density at radius 3 is 2.33 bits per heavy atom. The predicted molar refractivity (Wildman–Crippen MR) is 77.7 cm³/mol. The molecule has 100 valence electrons. The maximum Gasteiger partial charge on any atom is 0.331 e. The zero-order chi connectivity index (χ0) is 14.0. The summed E-state index contributed by atoms with van der Waals surface area (Å²) in [6.45, 7) is 9.20. The average molecular weight is 314 g/mol. The molecule has 4 heteroatoms. The lowest BCUT2D eigenvalue weighted by Gasteiger charge is -2.30. The lowest BCUT2D eigenvalue weighted by Crippen LogP contribution is -2.44. The number of ether oxygens (including phenoxy) is 1. The Hall–Kier alpha value is -1.03. The molecule has 0 saturated heterocycles. The first-order chi connectivity index (χ1) is 8.10. The fourth-order valence-corrected chi connectivity index (χ4v) is 1.78. The molecule has 0 radical (unpaired) electrons. The number of halogens is 1. The number of carbonyl (C=O) groups excluding carboxylic acids is 1. The molecule has 0 aliphatic heterocycles. The standard InChI is InChI=1S/C14H20BrNO2/c1-13(2,3)18-12(17)14(4,5)16-11-8-6-7-10(15)9-11/h6-9,16H,1-5H3. The van der Waals surface area contributed by atoms with Gasteiger partial charge in [0, 0.05) is 10.2 Å². The fraction of sp³-hybridized carbons (Fsp3) is 0.500. The van der Waals surface area contributed by atoms with Crippen LogP contribution in [0.4, 0.5) is 5.69 Å². The SMILES string of the molecule is CC(C)(C)OC(=O)C(C)(C)Nc1cccc(Br)c1. The number of anilines is 1. The lowest BCUT2D eigenvalue weighted by molar-refractivity contribution is -0.159. The Morgan fingerprint density at radius 2 is 1.83 bits per heavy atom. The van der Waals surface area contributed by atoms with Crippen LogP contribution in [0.2, 0.25) is 0 Å². The zero-order valence-electron chi connectivity index (χ0n) is 11.5. The smallest absolute Gasteiger partial charge is 0.331 e. The summed E-state index contributed by atoms with van der Waals surface area (Å²) in [5, 5.41) is 3.18. The summed E-state index contributed by atoms with van der Waals surface area (Å²) in [6.07, 6.45) is 0. The molecule has 0 unspecified atom stereocenters. The van der Waals surface area contributed by atoms with E-state index in [0.29, 0.717) is 0 Å². The molecule has 1 rings (SSSR count). The van der Waals surface area contributed by atoms with Crippen LogP contribution < -0.4 is 5.32 Å². The maximum absolute atomic E-state index is 12.1. The highest BCUT2D eigenvalue weighted by molar-refractivity contribution is 9.10. The molecular formula is C14H20BrNO2. The number of carbonyl (C=O) groups is 1. The van der Waals surface area contributed by atoms with Gasteiger partial charge in [0.05, 0.1) is 0 Å². The highest BCUT2D eigenvalue weighted by atomic mass is 79.9. The molecule has 0 fully saturated rings. The first-order valence-electron chi connectivity index (χ1n) is 5.87. The van der Waals surface area contributed by atoms with E-state index >= 15 is 0 Å². The Balaban J connectivity index is 2.78. The first-order valence-corrected chi connectivity index (χ1v) is 6.67. The Kier molecular flexibility index (Phi) is 4.43. The second-order valence-corrected chi connectivity index (χ2v) is 6.68. The van der Waals surface area contributed by atoms with E-state index in [1.807, 2.05) is 58.9 Å². The van der Waals surface area contributed by atoms with E-state index in [1.54, 1.807) is 0 Å². The van der Waals surface area contributed by atoms with Crippen molar-refractivity contribution in [2.45, 2.75) is 45.8 Å². The minimum atomic E-state index is -0.770. The van der Waals surface area contributed by atoms with Crippen molar-refractivity contribution in [3.63, 3.8) is 0 Å². The minimum Gasteiger partial charge on any atom is -0.458 e. The van der Waals surface area contributed by atoms with Crippen molar-refractivity contribution in [2.24, 2.45) is 0 Å². The molecule has 0 aromatic heterocycles. The first kappa shape index (κ1) is 15.0. The molecule has 1 aromatic rings. The number of rotatable bonds is 3. The van der Waals surface area contributed by atoms with Gasteiger partial charge < -0.3 is 10.1 Å². The molecule has 18 heavy (non-hydrogen) atoms. The Labute approximate surface area is 117 Å². The van der Waals surface area contributed by atoms with Gasteiger partial charge in [0.25, 0.3) is 0 Å². The second-order valence-electron chi connectivity index (χ2n) is 5.76. The van der Waals surface area contributed by atoms with Gasteiger partial charge in [-0.25, -0.2) is 4.79 Å². The number of hydrogen-bond donors (Lipinski definition) is 1. The third kappa shape index (κ3) is 4.69. The fourth-order valence-electron chi connectivity index (χ4n) is 1.38. The number of hydrogen-bond acceptors (Lipinski definition) is 3. The Bertz CT molecular complexity index is 436. The zero-order valence-corrected chi connectivity index (χ0v) is 13.1. The van der Waals surface area contributed by atoms with E-state index in [9.17, 15) is 4.79 Å². The molecule has 0 heterocycles. The molecule has 0 aliphatic carbocycles. The highest BCUT2D eigenvalue weighted by Gasteiger charge is 2.32. The Morgan fingerprint density at radius 1 is 1.22 bits per heavy atom. The monoisotopic (exact) mass is 313 g/mol. The van der Waals surface area contributed by atoms with Crippen molar-refractivity contribution >= 4 is 27.6 Å². The van der Waals surface area contributed by atoms with Gasteiger partial charge in [0.1, 0.15) is 11.1 Å². The molecule has 0 bridgehead atoms. The summed E-state index contributed by atoms with van der Waals surface area (Å²) in [4.78, 5) is 12.1. The van der Waals surface area contributed by atoms with Crippen molar-refractivity contribution in [3.05, 3.63) is 28.7 Å². The average Bonchev–Trinajstić information content (AvgIpc) is 2.13. The molecule has 0 aliphatic rings. The van der Waals surface area contributed by atoms with Gasteiger partial charge in [0.2, 0.25) is 0 Å². The number of esters is 1. The van der Waals surface area contributed by atoms with E-state index in [0.717, 1.165) is 10.2 Å². The van der Waals surface area contributed by atoms with Crippen molar-refractivity contribution in [1.82, 2.24) is 0 Å². The maximum atomic E-state index is 12.1. The molecule has 1 N–H and O–H groups in total. The van der Waals surface area contributed by atoms with E-state index < -0.39 is 11.1 Å². The summed E-state index contributed by atoms with van der Waals surface area (Å²) in [7, 11) is 0. The molecular weight excluding hydrogens is 294 g/mol. The van der Waals surface area contributed by atoms with Crippen molar-refractivity contribution in [3.8, 4) is 0 Å². The topological polar surface area (TPSA) is 38.3 Å². The summed E-state index contributed by atoms with van der Waals surface area (Å²) < 4.78 is 6.36. The predicted octanol–water partition coefficient (Wildman–Crippen LogP) is 3.98. The van der Waals surface area contributed by atoms with Gasteiger partial charge in [-0.05, 0) is 52.8 Å². The van der Waals surface area contributed by atoms with Gasteiger partial charge in [-0.2, -0.15) is 0 Å². The van der Waals surface area contributed by atoms with Gasteiger partial charge in [-0.3, -0.25) is 0 Å². The normalized spacial score (nSPS) is 12.1. The van der Waals surface area contributed by atoms with Crippen LogP contribution in [-0.2, 0) is 9.53 Å². The number of nitrogens with one attached hydrogen (secondary N) is 1. The van der Waals surface area contributed by atoms with Crippen LogP contribution in [0.3, 0.4) is 0 Å². The summed E-state index contributed by atoms with van der Waals surface area (Å²) >= 11 is 3.40. The van der Waals surface area contributed by atoms with Crippen LogP contribution in [0.15, 0.2) is 28.7 Å². The van der Waals surface area contributed by atoms with Crippen molar-refractivity contribution < 1.29 is 9.53 Å². The van der Waals surface area contributed by atoms with Crippen molar-refractivity contribution in [2.75, 3.05) is 5.32 Å². The molecule has 1 aromatic carbocycles. The van der Waals surface area contributed by atoms with Crippen molar-refractivity contribution in [1.29, 1.82) is 0 Å². The van der Waals surface area contributed by atoms with Crippen LogP contribution in [0.5, 0.6) is 0 Å². The third-order valence-corrected chi connectivity index (χ3v) is 2.68. The summed E-state index contributed by atoms with van der Waals surface area (Å²) in [5.74, 6) is -0.269. The van der Waals surface area contributed by atoms with E-state index in [2.05, 4.69) is 21.2 Å². The summed E-state index contributed by atoms with van der Waals surface area (Å²) in [6, 6.07) is 7.69. The summed E-state index contributed by atoms with van der Waals surface area (Å²) in [5.41, 5.74) is -0.373. The number of benzene rings is 1. The molecule has 3 nitrogen and oxygen atoms in total. The van der Waals surface area contributed by atoms with Crippen LogP contribution in [0.1, 0.15) is 34.6 Å². The van der Waals surface area contributed by atoms with Gasteiger partial charge in [-0.1, -0.05) is 22.0 Å². The molecule has 0 amide bonds. The van der Waals surface area contributed by atoms with E-state index in [-0.39, 0.29) is 5.97 Å². The van der Waals surface area contributed by atoms with Gasteiger partial charge >= 0.3 is 5.97 Å². The van der Waals surface area contributed by atoms with Crippen LogP contribution in [0.25, 0.3) is 0 Å². The molecule has 0 saturated carbocycles. The quantitative estimate of drug-likeness (QED) is 0.858. The molecule has 0 atom stereocenters. The largest absolute Gasteiger partial charge is 0.458 e. The lowest BCUT2D eigenvalue weighted by atomic mass is 10.0. The van der Waals surface area contributed by atoms with Crippen LogP contribution >= 0.6 is 15.9 Å². The highest BCUT2D eigenvalue weighted by Crippen LogP contribution is 2.22.